The molecule has 106 valence electrons. The van der Waals surface area contributed by atoms with Gasteiger partial charge in [0.1, 0.15) is 4.60 Å². The lowest BCUT2D eigenvalue weighted by Crippen LogP contribution is -2.48. The third kappa shape index (κ3) is 4.58. The molecule has 0 aliphatic heterocycles. The van der Waals surface area contributed by atoms with E-state index in [4.69, 9.17) is 5.73 Å². The molecular formula is C14H22BrN3O. The highest BCUT2D eigenvalue weighted by atomic mass is 79.9. The fourth-order valence-corrected chi connectivity index (χ4v) is 2.14. The van der Waals surface area contributed by atoms with E-state index in [1.807, 2.05) is 44.7 Å². The van der Waals surface area contributed by atoms with Crippen molar-refractivity contribution in [3.05, 3.63) is 28.5 Å². The molecule has 4 nitrogen and oxygen atoms in total. The summed E-state index contributed by atoms with van der Waals surface area (Å²) in [6.07, 6.45) is 1.73. The first-order valence-corrected chi connectivity index (χ1v) is 7.28. The molecule has 1 amide bonds. The van der Waals surface area contributed by atoms with Crippen molar-refractivity contribution < 1.29 is 4.79 Å². The molecule has 19 heavy (non-hydrogen) atoms. The van der Waals surface area contributed by atoms with E-state index in [9.17, 15) is 4.79 Å². The van der Waals surface area contributed by atoms with E-state index < -0.39 is 6.04 Å². The summed E-state index contributed by atoms with van der Waals surface area (Å²) < 4.78 is 0.773. The molecule has 1 atom stereocenters. The van der Waals surface area contributed by atoms with Crippen LogP contribution in [0.2, 0.25) is 0 Å². The van der Waals surface area contributed by atoms with Gasteiger partial charge in [0.15, 0.2) is 0 Å². The molecule has 0 aliphatic carbocycles. The molecule has 0 saturated carbocycles. The molecule has 0 aromatic carbocycles. The van der Waals surface area contributed by atoms with Gasteiger partial charge in [0, 0.05) is 18.8 Å². The van der Waals surface area contributed by atoms with Gasteiger partial charge in [-0.1, -0.05) is 13.8 Å². The van der Waals surface area contributed by atoms with E-state index in [0.717, 1.165) is 10.2 Å². The molecule has 5 heteroatoms. The highest BCUT2D eigenvalue weighted by molar-refractivity contribution is 9.10. The van der Waals surface area contributed by atoms with Crippen LogP contribution in [0.25, 0.3) is 0 Å². The normalized spacial score (nSPS) is 12.8. The van der Waals surface area contributed by atoms with Crippen LogP contribution >= 0.6 is 15.9 Å². The monoisotopic (exact) mass is 327 g/mol. The Bertz CT molecular complexity index is 434. The number of nitrogens with two attached hydrogens (primary N) is 1. The number of hydrogen-bond acceptors (Lipinski definition) is 3. The summed E-state index contributed by atoms with van der Waals surface area (Å²) in [7, 11) is 0. The fourth-order valence-electron chi connectivity index (χ4n) is 1.73. The Morgan fingerprint density at radius 1 is 1.42 bits per heavy atom. The molecule has 1 aromatic heterocycles. The topological polar surface area (TPSA) is 59.2 Å². The third-order valence-electron chi connectivity index (χ3n) is 3.05. The Kier molecular flexibility index (Phi) is 5.94. The molecule has 0 saturated heterocycles. The molecule has 0 fully saturated rings. The SMILES string of the molecule is CC(C)C(N)C(=O)N(Cc1ccnc(Br)c1)C(C)C. The number of hydrogen-bond donors (Lipinski definition) is 1. The highest BCUT2D eigenvalue weighted by Crippen LogP contribution is 2.14. The molecule has 1 rings (SSSR count). The predicted octanol–water partition coefficient (Wildman–Crippen LogP) is 2.56. The summed E-state index contributed by atoms with van der Waals surface area (Å²) in [6.45, 7) is 8.48. The average Bonchev–Trinajstić information content (AvgIpc) is 2.33. The number of carbonyl (C=O) groups excluding carboxylic acids is 1. The van der Waals surface area contributed by atoms with E-state index in [0.29, 0.717) is 6.54 Å². The van der Waals surface area contributed by atoms with Crippen LogP contribution < -0.4 is 5.73 Å². The summed E-state index contributed by atoms with van der Waals surface area (Å²) in [5.41, 5.74) is 7.01. The van der Waals surface area contributed by atoms with Crippen LogP contribution in [-0.2, 0) is 11.3 Å². The Morgan fingerprint density at radius 2 is 2.05 bits per heavy atom. The van der Waals surface area contributed by atoms with Gasteiger partial charge < -0.3 is 10.6 Å². The second-order valence-corrected chi connectivity index (χ2v) is 6.13. The number of aromatic nitrogens is 1. The smallest absolute Gasteiger partial charge is 0.240 e. The minimum absolute atomic E-state index is 0.00191. The van der Waals surface area contributed by atoms with Crippen LogP contribution in [0.1, 0.15) is 33.3 Å². The Hall–Kier alpha value is -0.940. The van der Waals surface area contributed by atoms with Crippen LogP contribution in [0.4, 0.5) is 0 Å². The van der Waals surface area contributed by atoms with Gasteiger partial charge in [-0.3, -0.25) is 4.79 Å². The maximum absolute atomic E-state index is 12.4. The first-order valence-electron chi connectivity index (χ1n) is 6.49. The number of halogens is 1. The molecule has 0 radical (unpaired) electrons. The van der Waals surface area contributed by atoms with Crippen molar-refractivity contribution in [2.24, 2.45) is 11.7 Å². The minimum Gasteiger partial charge on any atom is -0.335 e. The average molecular weight is 328 g/mol. The molecule has 0 bridgehead atoms. The zero-order chi connectivity index (χ0) is 14.6. The van der Waals surface area contributed by atoms with Crippen LogP contribution in [0.3, 0.4) is 0 Å². The number of carbonyl (C=O) groups is 1. The van der Waals surface area contributed by atoms with Gasteiger partial charge in [-0.2, -0.15) is 0 Å². The first kappa shape index (κ1) is 16.1. The summed E-state index contributed by atoms with van der Waals surface area (Å²) in [4.78, 5) is 18.3. The summed E-state index contributed by atoms with van der Waals surface area (Å²) in [5, 5.41) is 0. The standard InChI is InChI=1S/C14H22BrN3O/c1-9(2)13(16)14(19)18(10(3)4)8-11-5-6-17-12(15)7-11/h5-7,9-10,13H,8,16H2,1-4H3. The number of amides is 1. The van der Waals surface area contributed by atoms with Crippen LogP contribution in [0, 0.1) is 5.92 Å². The first-order chi connectivity index (χ1) is 8.82. The van der Waals surface area contributed by atoms with Crippen molar-refractivity contribution in [3.63, 3.8) is 0 Å². The zero-order valence-corrected chi connectivity index (χ0v) is 13.5. The van der Waals surface area contributed by atoms with Crippen molar-refractivity contribution in [2.45, 2.75) is 46.3 Å². The summed E-state index contributed by atoms with van der Waals surface area (Å²) in [6, 6.07) is 3.50. The quantitative estimate of drug-likeness (QED) is 0.845. The number of rotatable bonds is 5. The maximum atomic E-state index is 12.4. The van der Waals surface area contributed by atoms with Crippen molar-refractivity contribution in [1.82, 2.24) is 9.88 Å². The lowest BCUT2D eigenvalue weighted by atomic mass is 10.0. The van der Waals surface area contributed by atoms with Gasteiger partial charge in [-0.15, -0.1) is 0 Å². The van der Waals surface area contributed by atoms with Crippen molar-refractivity contribution in [3.8, 4) is 0 Å². The fraction of sp³-hybridized carbons (Fsp3) is 0.571. The molecule has 2 N–H and O–H groups in total. The minimum atomic E-state index is -0.451. The van der Waals surface area contributed by atoms with Gasteiger partial charge in [0.2, 0.25) is 5.91 Å². The number of pyridine rings is 1. The van der Waals surface area contributed by atoms with Gasteiger partial charge in [-0.05, 0) is 53.4 Å². The van der Waals surface area contributed by atoms with E-state index in [-0.39, 0.29) is 17.9 Å². The van der Waals surface area contributed by atoms with Crippen molar-refractivity contribution in [2.75, 3.05) is 0 Å². The molecule has 1 heterocycles. The maximum Gasteiger partial charge on any atom is 0.240 e. The summed E-state index contributed by atoms with van der Waals surface area (Å²) in [5.74, 6) is 0.135. The van der Waals surface area contributed by atoms with E-state index in [2.05, 4.69) is 20.9 Å². The van der Waals surface area contributed by atoms with Crippen LogP contribution in [0.5, 0.6) is 0 Å². The van der Waals surface area contributed by atoms with Crippen LogP contribution in [0.15, 0.2) is 22.9 Å². The molecule has 0 aliphatic rings. The second-order valence-electron chi connectivity index (χ2n) is 5.32. The molecular weight excluding hydrogens is 306 g/mol. The van der Waals surface area contributed by atoms with Crippen molar-refractivity contribution in [1.29, 1.82) is 0 Å². The highest BCUT2D eigenvalue weighted by Gasteiger charge is 2.25. The van der Waals surface area contributed by atoms with Gasteiger partial charge in [-0.25, -0.2) is 4.98 Å². The van der Waals surface area contributed by atoms with E-state index in [1.54, 1.807) is 6.20 Å². The third-order valence-corrected chi connectivity index (χ3v) is 3.49. The largest absolute Gasteiger partial charge is 0.335 e. The number of nitrogens with zero attached hydrogens (tertiary/aromatic N) is 2. The Balaban J connectivity index is 2.87. The molecule has 1 aromatic rings. The van der Waals surface area contributed by atoms with Gasteiger partial charge in [0.25, 0.3) is 0 Å². The molecule has 0 spiro atoms. The lowest BCUT2D eigenvalue weighted by molar-refractivity contribution is -0.136. The zero-order valence-electron chi connectivity index (χ0n) is 11.9. The molecule has 1 unspecified atom stereocenters. The lowest BCUT2D eigenvalue weighted by Gasteiger charge is -2.30. The Labute approximate surface area is 123 Å². The van der Waals surface area contributed by atoms with Gasteiger partial charge in [0.05, 0.1) is 6.04 Å². The second kappa shape index (κ2) is 7.01. The predicted molar refractivity (Wildman–Crippen MR) is 80.4 cm³/mol. The van der Waals surface area contributed by atoms with E-state index >= 15 is 0 Å². The van der Waals surface area contributed by atoms with Gasteiger partial charge >= 0.3 is 0 Å². The Morgan fingerprint density at radius 3 is 2.53 bits per heavy atom. The van der Waals surface area contributed by atoms with Crippen molar-refractivity contribution >= 4 is 21.8 Å². The van der Waals surface area contributed by atoms with Crippen LogP contribution in [-0.4, -0.2) is 27.9 Å². The van der Waals surface area contributed by atoms with E-state index in [1.165, 1.54) is 0 Å². The summed E-state index contributed by atoms with van der Waals surface area (Å²) >= 11 is 3.34.